The van der Waals surface area contributed by atoms with Gasteiger partial charge < -0.3 is 61.1 Å². The molecular formula is C94H99F3N30. The van der Waals surface area contributed by atoms with Crippen LogP contribution in [0.3, 0.4) is 0 Å². The van der Waals surface area contributed by atoms with Crippen molar-refractivity contribution in [2.24, 2.45) is 5.92 Å². The Morgan fingerprint density at radius 1 is 0.370 bits per heavy atom. The smallest absolute Gasteiger partial charge is 0.181 e. The molecule has 0 unspecified atom stereocenters. The van der Waals surface area contributed by atoms with Crippen molar-refractivity contribution >= 4 is 88.9 Å². The van der Waals surface area contributed by atoms with Crippen molar-refractivity contribution < 1.29 is 13.2 Å². The average molecular weight is 1710 g/mol. The van der Waals surface area contributed by atoms with Crippen LogP contribution in [0.25, 0.3) is 168 Å². The molecule has 0 bridgehead atoms. The van der Waals surface area contributed by atoms with E-state index in [1.165, 1.54) is 62.1 Å². The van der Waals surface area contributed by atoms with E-state index in [9.17, 15) is 13.2 Å². The first-order valence-corrected chi connectivity index (χ1v) is 42.3. The molecule has 15 aromatic heterocycles. The zero-order valence-corrected chi connectivity index (χ0v) is 72.3. The summed E-state index contributed by atoms with van der Waals surface area (Å²) in [6, 6.07) is 27.5. The summed E-state index contributed by atoms with van der Waals surface area (Å²) < 4.78 is 44.0. The van der Waals surface area contributed by atoms with Gasteiger partial charge in [-0.3, -0.25) is 45.2 Å². The topological polar surface area (TPSA) is 361 Å². The zero-order valence-electron chi connectivity index (χ0n) is 72.3. The monoisotopic (exact) mass is 1700 g/mol. The zero-order chi connectivity index (χ0) is 87.8. The fourth-order valence-corrected chi connectivity index (χ4v) is 15.8. The third-order valence-corrected chi connectivity index (χ3v) is 21.9. The molecular weight excluding hydrogens is 1610 g/mol. The number of fused-ring (bicyclic) bond motifs is 6. The van der Waals surface area contributed by atoms with E-state index in [1.54, 1.807) is 55.8 Å². The minimum Gasteiger partial charge on any atom is -0.384 e. The normalized spacial score (nSPS) is 12.5. The molecule has 1 saturated carbocycles. The first-order chi connectivity index (χ1) is 61.7. The molecule has 3 aromatic carbocycles. The second-order valence-electron chi connectivity index (χ2n) is 33.4. The Kier molecular flexibility index (Phi) is 25.4. The predicted molar refractivity (Wildman–Crippen MR) is 497 cm³/mol. The Labute approximate surface area is 730 Å². The Hall–Kier alpha value is -14.4. The van der Waals surface area contributed by atoms with Crippen molar-refractivity contribution in [2.75, 3.05) is 123 Å². The molecule has 1 aliphatic carbocycles. The van der Waals surface area contributed by atoms with Gasteiger partial charge in [0.15, 0.2) is 34.4 Å². The molecule has 1 aliphatic rings. The molecule has 646 valence electrons. The molecule has 1 fully saturated rings. The van der Waals surface area contributed by atoms with E-state index in [4.69, 9.17) is 15.0 Å². The number of benzene rings is 3. The van der Waals surface area contributed by atoms with E-state index in [2.05, 4.69) is 175 Å². The van der Waals surface area contributed by atoms with E-state index in [0.29, 0.717) is 127 Å². The average Bonchev–Trinajstić information content (AvgIpc) is 1.62. The summed E-state index contributed by atoms with van der Waals surface area (Å²) in [7, 11) is 16.1. The van der Waals surface area contributed by atoms with Crippen LogP contribution in [0.2, 0.25) is 0 Å². The van der Waals surface area contributed by atoms with Gasteiger partial charge in [-0.2, -0.15) is 15.3 Å². The Morgan fingerprint density at radius 2 is 0.724 bits per heavy atom. The molecule has 11 N–H and O–H groups in total. The number of H-pyrrole nitrogens is 6. The van der Waals surface area contributed by atoms with Gasteiger partial charge in [0.25, 0.3) is 0 Å². The summed E-state index contributed by atoms with van der Waals surface area (Å²) >= 11 is 0. The first kappa shape index (κ1) is 84.8. The van der Waals surface area contributed by atoms with Crippen molar-refractivity contribution in [3.63, 3.8) is 0 Å². The molecule has 0 amide bonds. The molecule has 0 saturated heterocycles. The lowest BCUT2D eigenvalue weighted by molar-refractivity contribution is 0.402. The second kappa shape index (κ2) is 38.0. The lowest BCUT2D eigenvalue weighted by Gasteiger charge is -2.12. The molecule has 0 aliphatic heterocycles. The summed E-state index contributed by atoms with van der Waals surface area (Å²) in [5.74, 6) is 1.59. The van der Waals surface area contributed by atoms with E-state index in [0.717, 1.165) is 145 Å². The second-order valence-corrected chi connectivity index (χ2v) is 33.4. The molecule has 30 nitrogen and oxygen atoms in total. The van der Waals surface area contributed by atoms with Gasteiger partial charge in [-0.15, -0.1) is 0 Å². The molecule has 0 atom stereocenters. The summed E-state index contributed by atoms with van der Waals surface area (Å²) in [4.78, 5) is 73.5. The number of hydrogen-bond acceptors (Lipinski definition) is 24. The summed E-state index contributed by atoms with van der Waals surface area (Å²) in [6.07, 6.45) is 32.2. The third kappa shape index (κ3) is 20.1. The first-order valence-electron chi connectivity index (χ1n) is 42.3. The van der Waals surface area contributed by atoms with Gasteiger partial charge in [-0.25, -0.2) is 43.1 Å². The lowest BCUT2D eigenvalue weighted by Crippen LogP contribution is -2.20. The minimum atomic E-state index is -0.331. The molecule has 127 heavy (non-hydrogen) atoms. The number of likely N-dealkylation sites (N-methyl/N-ethyl adjacent to an activating group) is 3. The van der Waals surface area contributed by atoms with Gasteiger partial charge >= 0.3 is 0 Å². The highest BCUT2D eigenvalue weighted by Crippen LogP contribution is 2.39. The quantitative estimate of drug-likeness (QED) is 0.0207. The van der Waals surface area contributed by atoms with Crippen LogP contribution in [0.5, 0.6) is 0 Å². The van der Waals surface area contributed by atoms with Crippen LogP contribution >= 0.6 is 0 Å². The molecule has 15 heterocycles. The van der Waals surface area contributed by atoms with Crippen LogP contribution in [-0.4, -0.2) is 233 Å². The van der Waals surface area contributed by atoms with Crippen molar-refractivity contribution in [1.82, 2.24) is 130 Å². The number of aromatic nitrogens is 21. The highest BCUT2D eigenvalue weighted by Gasteiger charge is 2.24. The minimum absolute atomic E-state index is 0.291. The van der Waals surface area contributed by atoms with Crippen LogP contribution in [0.4, 0.5) is 35.9 Å². The SMILES string of the molecule is CC(C)Nc1cncc(-c2cnc3n[nH]c(-c4nc5c(-c6cc(F)cc(NCCN(C)C)c6)cncc5[nH]4)c3c2)c1.CN(C)CCNc1cc(F)cc(-c2cncc3[nH]c(-c4[nH]nc5ncc(-c6cncc(CN(C)C)c6)cc45)nc23)c1.CN(C)CCNc1cc(F)cc(-c2cncc3[nH]c(-c4[nH]nc5ncc(-c6cncc(CNCC7CCCC7)c6)cc45)nc23)c1. The highest BCUT2D eigenvalue weighted by atomic mass is 19.1. The number of imidazole rings is 3. The number of aromatic amines is 6. The van der Waals surface area contributed by atoms with Gasteiger partial charge in [0.2, 0.25) is 0 Å². The van der Waals surface area contributed by atoms with Gasteiger partial charge in [0.1, 0.15) is 34.5 Å². The fraction of sp³-hybridized carbons (Fsp3) is 0.266. The van der Waals surface area contributed by atoms with E-state index in [-0.39, 0.29) is 17.5 Å². The summed E-state index contributed by atoms with van der Waals surface area (Å²) in [5.41, 5.74) is 23.4. The van der Waals surface area contributed by atoms with Gasteiger partial charge in [0, 0.05) is 200 Å². The molecule has 18 aromatic rings. The molecule has 0 radical (unpaired) electrons. The van der Waals surface area contributed by atoms with Crippen LogP contribution in [-0.2, 0) is 13.1 Å². The van der Waals surface area contributed by atoms with Crippen LogP contribution < -0.4 is 26.6 Å². The van der Waals surface area contributed by atoms with E-state index >= 15 is 0 Å². The Balaban J connectivity index is 0.000000134. The van der Waals surface area contributed by atoms with Gasteiger partial charge in [-0.05, 0) is 214 Å². The Bertz CT molecular complexity index is 6640. The number of halogens is 3. The maximum Gasteiger partial charge on any atom is 0.181 e. The van der Waals surface area contributed by atoms with Crippen molar-refractivity contribution in [2.45, 2.75) is 58.7 Å². The van der Waals surface area contributed by atoms with Crippen LogP contribution in [0.15, 0.2) is 184 Å². The Morgan fingerprint density at radius 3 is 1.11 bits per heavy atom. The molecule has 0 spiro atoms. The van der Waals surface area contributed by atoms with Crippen molar-refractivity contribution in [3.05, 3.63) is 213 Å². The molecule has 19 rings (SSSR count). The lowest BCUT2D eigenvalue weighted by atomic mass is 10.1. The fourth-order valence-electron chi connectivity index (χ4n) is 15.8. The number of nitrogens with zero attached hydrogens (tertiary/aromatic N) is 19. The highest BCUT2D eigenvalue weighted by molar-refractivity contribution is 6.01. The molecule has 33 heteroatoms. The predicted octanol–water partition coefficient (Wildman–Crippen LogP) is 16.4. The van der Waals surface area contributed by atoms with Crippen molar-refractivity contribution in [1.29, 1.82) is 0 Å². The largest absolute Gasteiger partial charge is 0.384 e. The summed E-state index contributed by atoms with van der Waals surface area (Å²) in [6.45, 7) is 11.4. The summed E-state index contributed by atoms with van der Waals surface area (Å²) in [5, 5.41) is 41.9. The number of rotatable bonds is 29. The van der Waals surface area contributed by atoms with Gasteiger partial charge in [-0.1, -0.05) is 12.8 Å². The standard InChI is InChI=1S/C34H37FN10.2C30H31FN10/c1-45(2)8-7-39-27-11-23(10-26(35)13-27)29-19-38-20-30-31(29)42-34(41-30)32-28-12-25(18-40-33(28)44-43-32)24-9-22(16-37-17-24)15-36-14-21-5-3-4-6-21;1-40(2)6-5-34-23-9-19(8-22(31)11-23)25-15-33-16-26-27(25)37-30(36-26)28-24-10-21(14-35-29(24)39-38-28)20-7-18(12-32-13-20)17-41(3)4;1-17(2)36-23-9-19(12-32-14-23)20-10-24-28(39-40-29(24)35-13-20)30-37-26-16-33-15-25(27(26)38-30)18-7-21(31)11-22(8-18)34-5-6-41(3)4/h9-13,16-21,36,39H,3-8,14-15H2,1-2H3,(H,41,42)(H,40,43,44);7-16,34H,5-6,17H2,1-4H3,(H,36,37)(H,35,38,39);7-17,34,36H,5-6H2,1-4H3,(H,37,38)(H,35,39,40). The van der Waals surface area contributed by atoms with Crippen LogP contribution in [0, 0.1) is 23.4 Å². The number of nitrogens with one attached hydrogen (secondary N) is 11. The number of pyridine rings is 9. The van der Waals surface area contributed by atoms with Gasteiger partial charge in [0.05, 0.1) is 73.5 Å². The van der Waals surface area contributed by atoms with E-state index < -0.39 is 0 Å². The maximum absolute atomic E-state index is 14.7. The maximum atomic E-state index is 14.7. The number of anilines is 4. The van der Waals surface area contributed by atoms with Crippen LogP contribution in [0.1, 0.15) is 50.7 Å². The third-order valence-electron chi connectivity index (χ3n) is 21.9. The van der Waals surface area contributed by atoms with E-state index in [1.807, 2.05) is 124 Å². The number of hydrogen-bond donors (Lipinski definition) is 11. The van der Waals surface area contributed by atoms with Crippen molar-refractivity contribution in [3.8, 4) is 101 Å².